The predicted octanol–water partition coefficient (Wildman–Crippen LogP) is 4.88. The highest BCUT2D eigenvalue weighted by molar-refractivity contribution is 5.89. The van der Waals surface area contributed by atoms with Crippen LogP contribution in [0, 0.1) is 13.8 Å². The molecular weight excluding hydrogens is 290 g/mol. The number of phenolic OH excluding ortho intramolecular Hbond substituents is 1. The first kappa shape index (κ1) is 16.9. The number of phenols is 1. The van der Waals surface area contributed by atoms with E-state index in [1.807, 2.05) is 45.9 Å². The molecule has 0 fully saturated rings. The summed E-state index contributed by atoms with van der Waals surface area (Å²) < 4.78 is 6.02. The molecule has 0 heterocycles. The second-order valence-electron chi connectivity index (χ2n) is 6.10. The second kappa shape index (κ2) is 6.73. The van der Waals surface area contributed by atoms with Gasteiger partial charge in [-0.2, -0.15) is 0 Å². The maximum Gasteiger partial charge on any atom is 0.221 e. The summed E-state index contributed by atoms with van der Waals surface area (Å²) in [6, 6.07) is 9.03. The molecule has 1 amide bonds. The summed E-state index contributed by atoms with van der Waals surface area (Å²) >= 11 is 0. The van der Waals surface area contributed by atoms with E-state index in [1.54, 1.807) is 12.1 Å². The fourth-order valence-corrected chi connectivity index (χ4v) is 2.56. The van der Waals surface area contributed by atoms with Gasteiger partial charge in [-0.25, -0.2) is 0 Å². The second-order valence-corrected chi connectivity index (χ2v) is 6.10. The van der Waals surface area contributed by atoms with Gasteiger partial charge in [0.2, 0.25) is 5.91 Å². The number of anilines is 1. The molecule has 4 heteroatoms. The number of amides is 1. The van der Waals surface area contributed by atoms with Crippen LogP contribution in [-0.2, 0) is 4.79 Å². The van der Waals surface area contributed by atoms with Crippen LogP contribution in [0.25, 0.3) is 0 Å². The Balaban J connectivity index is 2.33. The molecule has 0 saturated heterocycles. The molecule has 0 saturated carbocycles. The van der Waals surface area contributed by atoms with E-state index in [0.717, 1.165) is 28.1 Å². The Morgan fingerprint density at radius 2 is 1.74 bits per heavy atom. The summed E-state index contributed by atoms with van der Waals surface area (Å²) in [7, 11) is 0. The van der Waals surface area contributed by atoms with Crippen molar-refractivity contribution in [2.75, 3.05) is 5.32 Å². The molecule has 0 spiro atoms. The highest BCUT2D eigenvalue weighted by Gasteiger charge is 2.11. The van der Waals surface area contributed by atoms with Crippen LogP contribution in [0.3, 0.4) is 0 Å². The number of ether oxygens (including phenoxy) is 1. The number of rotatable bonds is 4. The van der Waals surface area contributed by atoms with Crippen molar-refractivity contribution in [2.45, 2.75) is 40.5 Å². The van der Waals surface area contributed by atoms with Gasteiger partial charge in [-0.3, -0.25) is 4.79 Å². The zero-order valence-electron chi connectivity index (χ0n) is 14.2. The number of aromatic hydroxyl groups is 1. The van der Waals surface area contributed by atoms with E-state index in [2.05, 4.69) is 5.32 Å². The molecule has 0 atom stereocenters. The third-order valence-corrected chi connectivity index (χ3v) is 3.62. The molecule has 0 unspecified atom stereocenters. The largest absolute Gasteiger partial charge is 0.508 e. The number of hydrogen-bond acceptors (Lipinski definition) is 3. The van der Waals surface area contributed by atoms with E-state index in [-0.39, 0.29) is 17.6 Å². The number of carbonyl (C=O) groups excluding carboxylic acids is 1. The zero-order chi connectivity index (χ0) is 17.1. The standard InChI is InChI=1S/C19H23NO3/c1-11(2)17-10-16(6-7-18(17)22)23-19-12(3)8-15(9-13(19)4)20-14(5)21/h6-11,22H,1-5H3,(H,20,21). The smallest absolute Gasteiger partial charge is 0.221 e. The minimum absolute atomic E-state index is 0.0995. The monoisotopic (exact) mass is 313 g/mol. The molecular formula is C19H23NO3. The van der Waals surface area contributed by atoms with E-state index in [4.69, 9.17) is 4.74 Å². The summed E-state index contributed by atoms with van der Waals surface area (Å²) in [6.07, 6.45) is 0. The Kier molecular flexibility index (Phi) is 4.94. The summed E-state index contributed by atoms with van der Waals surface area (Å²) in [5, 5.41) is 12.7. The molecule has 0 aromatic heterocycles. The van der Waals surface area contributed by atoms with Crippen molar-refractivity contribution < 1.29 is 14.6 Å². The minimum atomic E-state index is -0.0995. The van der Waals surface area contributed by atoms with Gasteiger partial charge < -0.3 is 15.2 Å². The fraction of sp³-hybridized carbons (Fsp3) is 0.316. The van der Waals surface area contributed by atoms with Gasteiger partial charge in [-0.1, -0.05) is 13.8 Å². The molecule has 0 bridgehead atoms. The first-order chi connectivity index (χ1) is 10.8. The maximum atomic E-state index is 11.2. The molecule has 23 heavy (non-hydrogen) atoms. The van der Waals surface area contributed by atoms with Crippen LogP contribution in [0.15, 0.2) is 30.3 Å². The van der Waals surface area contributed by atoms with Gasteiger partial charge in [0.25, 0.3) is 0 Å². The minimum Gasteiger partial charge on any atom is -0.508 e. The third kappa shape index (κ3) is 4.03. The Labute approximate surface area is 137 Å². The van der Waals surface area contributed by atoms with Crippen molar-refractivity contribution in [2.24, 2.45) is 0 Å². The van der Waals surface area contributed by atoms with Gasteiger partial charge >= 0.3 is 0 Å². The van der Waals surface area contributed by atoms with Gasteiger partial charge in [0, 0.05) is 18.2 Å². The van der Waals surface area contributed by atoms with Crippen molar-refractivity contribution in [1.29, 1.82) is 0 Å². The summed E-state index contributed by atoms with van der Waals surface area (Å²) in [5.41, 5.74) is 3.49. The molecule has 2 aromatic carbocycles. The van der Waals surface area contributed by atoms with E-state index >= 15 is 0 Å². The Morgan fingerprint density at radius 1 is 1.13 bits per heavy atom. The number of aryl methyl sites for hydroxylation is 2. The van der Waals surface area contributed by atoms with Gasteiger partial charge in [0.1, 0.15) is 17.2 Å². The fourth-order valence-electron chi connectivity index (χ4n) is 2.56. The van der Waals surface area contributed by atoms with Gasteiger partial charge in [0.15, 0.2) is 0 Å². The third-order valence-electron chi connectivity index (χ3n) is 3.62. The average Bonchev–Trinajstić information content (AvgIpc) is 2.43. The zero-order valence-corrected chi connectivity index (χ0v) is 14.2. The lowest BCUT2D eigenvalue weighted by Crippen LogP contribution is -2.06. The molecule has 0 radical (unpaired) electrons. The van der Waals surface area contributed by atoms with Crippen molar-refractivity contribution in [3.8, 4) is 17.2 Å². The van der Waals surface area contributed by atoms with Crippen LogP contribution in [0.2, 0.25) is 0 Å². The highest BCUT2D eigenvalue weighted by atomic mass is 16.5. The number of carbonyl (C=O) groups is 1. The molecule has 2 rings (SSSR count). The van der Waals surface area contributed by atoms with Crippen LogP contribution < -0.4 is 10.1 Å². The van der Waals surface area contributed by atoms with Crippen LogP contribution in [-0.4, -0.2) is 11.0 Å². The molecule has 2 N–H and O–H groups in total. The first-order valence-electron chi connectivity index (χ1n) is 7.67. The molecule has 0 aliphatic rings. The summed E-state index contributed by atoms with van der Waals surface area (Å²) in [6.45, 7) is 9.42. The van der Waals surface area contributed by atoms with E-state index < -0.39 is 0 Å². The van der Waals surface area contributed by atoms with Gasteiger partial charge in [0.05, 0.1) is 0 Å². The normalized spacial score (nSPS) is 10.7. The van der Waals surface area contributed by atoms with Gasteiger partial charge in [-0.15, -0.1) is 0 Å². The van der Waals surface area contributed by atoms with E-state index in [1.165, 1.54) is 6.92 Å². The SMILES string of the molecule is CC(=O)Nc1cc(C)c(Oc2ccc(O)c(C(C)C)c2)c(C)c1. The van der Waals surface area contributed by atoms with Crippen molar-refractivity contribution >= 4 is 11.6 Å². The van der Waals surface area contributed by atoms with Crippen molar-refractivity contribution in [1.82, 2.24) is 0 Å². The lowest BCUT2D eigenvalue weighted by Gasteiger charge is -2.16. The van der Waals surface area contributed by atoms with E-state index in [0.29, 0.717) is 5.75 Å². The molecule has 0 aliphatic heterocycles. The lowest BCUT2D eigenvalue weighted by molar-refractivity contribution is -0.114. The van der Waals surface area contributed by atoms with Gasteiger partial charge in [-0.05, 0) is 61.2 Å². The average molecular weight is 313 g/mol. The first-order valence-corrected chi connectivity index (χ1v) is 7.67. The molecule has 2 aromatic rings. The predicted molar refractivity (Wildman–Crippen MR) is 92.5 cm³/mol. The number of hydrogen-bond donors (Lipinski definition) is 2. The lowest BCUT2D eigenvalue weighted by atomic mass is 10.0. The number of nitrogens with one attached hydrogen (secondary N) is 1. The highest BCUT2D eigenvalue weighted by Crippen LogP contribution is 2.35. The molecule has 122 valence electrons. The molecule has 4 nitrogen and oxygen atoms in total. The quantitative estimate of drug-likeness (QED) is 0.845. The van der Waals surface area contributed by atoms with Crippen LogP contribution in [0.4, 0.5) is 5.69 Å². The molecule has 0 aliphatic carbocycles. The number of benzene rings is 2. The van der Waals surface area contributed by atoms with Crippen molar-refractivity contribution in [3.05, 3.63) is 47.0 Å². The van der Waals surface area contributed by atoms with E-state index in [9.17, 15) is 9.90 Å². The topological polar surface area (TPSA) is 58.6 Å². The van der Waals surface area contributed by atoms with Crippen LogP contribution in [0.1, 0.15) is 43.4 Å². The summed E-state index contributed by atoms with van der Waals surface area (Å²) in [4.78, 5) is 11.2. The van der Waals surface area contributed by atoms with Crippen LogP contribution >= 0.6 is 0 Å². The Morgan fingerprint density at radius 3 is 2.26 bits per heavy atom. The van der Waals surface area contributed by atoms with Crippen molar-refractivity contribution in [3.63, 3.8) is 0 Å². The van der Waals surface area contributed by atoms with Crippen LogP contribution in [0.5, 0.6) is 17.2 Å². The Hall–Kier alpha value is -2.49. The summed E-state index contributed by atoms with van der Waals surface area (Å²) in [5.74, 6) is 1.84. The maximum absolute atomic E-state index is 11.2. The Bertz CT molecular complexity index is 712.